The quantitative estimate of drug-likeness (QED) is 0.847. The zero-order chi connectivity index (χ0) is 14.1. The molecule has 2 aromatic rings. The van der Waals surface area contributed by atoms with Crippen LogP contribution in [0.25, 0.3) is 10.9 Å². The molecular weight excluding hydrogens is 274 g/mol. The van der Waals surface area contributed by atoms with Gasteiger partial charge in [-0.2, -0.15) is 0 Å². The number of halogens is 1. The maximum absolute atomic E-state index is 12.4. The number of nitrogens with zero attached hydrogens (tertiary/aromatic N) is 3. The number of hydrogen-bond donors (Lipinski definition) is 0. The van der Waals surface area contributed by atoms with E-state index >= 15 is 0 Å². The highest BCUT2D eigenvalue weighted by atomic mass is 35.5. The summed E-state index contributed by atoms with van der Waals surface area (Å²) in [4.78, 5) is 16.5. The molecule has 2 heterocycles. The van der Waals surface area contributed by atoms with Crippen LogP contribution in [-0.2, 0) is 11.3 Å². The molecular formula is C15H18ClN3O. The van der Waals surface area contributed by atoms with Gasteiger partial charge < -0.3 is 14.4 Å². The highest BCUT2D eigenvalue weighted by Gasteiger charge is 2.19. The third kappa shape index (κ3) is 2.53. The molecule has 1 aromatic heterocycles. The Morgan fingerprint density at radius 2 is 1.95 bits per heavy atom. The summed E-state index contributed by atoms with van der Waals surface area (Å²) >= 11 is 6.16. The van der Waals surface area contributed by atoms with Crippen LogP contribution in [-0.4, -0.2) is 53.5 Å². The maximum Gasteiger partial charge on any atom is 0.242 e. The van der Waals surface area contributed by atoms with Crippen molar-refractivity contribution in [2.75, 3.05) is 33.2 Å². The molecule has 0 N–H and O–H groups in total. The highest BCUT2D eigenvalue weighted by Crippen LogP contribution is 2.24. The summed E-state index contributed by atoms with van der Waals surface area (Å²) in [5, 5.41) is 1.73. The molecule has 0 atom stereocenters. The molecule has 1 aliphatic heterocycles. The molecule has 0 unspecified atom stereocenters. The third-order valence-corrected chi connectivity index (χ3v) is 4.25. The summed E-state index contributed by atoms with van der Waals surface area (Å²) in [7, 11) is 2.09. The fraction of sp³-hybridized carbons (Fsp3) is 0.400. The topological polar surface area (TPSA) is 28.5 Å². The predicted molar refractivity (Wildman–Crippen MR) is 81.0 cm³/mol. The summed E-state index contributed by atoms with van der Waals surface area (Å²) in [5.74, 6) is 0.176. The Hall–Kier alpha value is -1.52. The summed E-state index contributed by atoms with van der Waals surface area (Å²) < 4.78 is 1.97. The van der Waals surface area contributed by atoms with E-state index in [4.69, 9.17) is 11.6 Å². The minimum absolute atomic E-state index is 0.176. The number of fused-ring (bicyclic) bond motifs is 1. The second kappa shape index (κ2) is 5.46. The van der Waals surface area contributed by atoms with Gasteiger partial charge in [-0.25, -0.2) is 0 Å². The number of rotatable bonds is 2. The van der Waals surface area contributed by atoms with E-state index in [1.807, 2.05) is 39.9 Å². The number of piperazine rings is 1. The molecule has 3 rings (SSSR count). The van der Waals surface area contributed by atoms with Crippen molar-refractivity contribution >= 4 is 28.4 Å². The SMILES string of the molecule is CN1CCN(C(=O)Cn2ccc3c(Cl)cccc32)CC1. The molecule has 1 amide bonds. The van der Waals surface area contributed by atoms with E-state index in [0.717, 1.165) is 42.1 Å². The lowest BCUT2D eigenvalue weighted by atomic mass is 10.2. The van der Waals surface area contributed by atoms with Crippen LogP contribution >= 0.6 is 11.6 Å². The van der Waals surface area contributed by atoms with Gasteiger partial charge in [-0.15, -0.1) is 0 Å². The van der Waals surface area contributed by atoms with Gasteiger partial charge in [-0.05, 0) is 25.2 Å². The molecule has 106 valence electrons. The molecule has 0 bridgehead atoms. The number of amides is 1. The van der Waals surface area contributed by atoms with Gasteiger partial charge in [0.05, 0.1) is 0 Å². The van der Waals surface area contributed by atoms with Gasteiger partial charge in [0, 0.05) is 48.3 Å². The van der Waals surface area contributed by atoms with E-state index in [1.54, 1.807) is 0 Å². The number of likely N-dealkylation sites (N-methyl/N-ethyl adjacent to an activating group) is 1. The summed E-state index contributed by atoms with van der Waals surface area (Å²) in [5.41, 5.74) is 1.01. The molecule has 4 nitrogen and oxygen atoms in total. The van der Waals surface area contributed by atoms with Crippen LogP contribution in [0.4, 0.5) is 0 Å². The van der Waals surface area contributed by atoms with Gasteiger partial charge in [0.15, 0.2) is 0 Å². The Balaban J connectivity index is 1.76. The normalized spacial score (nSPS) is 16.8. The fourth-order valence-corrected chi connectivity index (χ4v) is 2.86. The Morgan fingerprint density at radius 3 is 2.70 bits per heavy atom. The van der Waals surface area contributed by atoms with Crippen molar-refractivity contribution in [1.82, 2.24) is 14.4 Å². The second-order valence-corrected chi connectivity index (χ2v) is 5.71. The highest BCUT2D eigenvalue weighted by molar-refractivity contribution is 6.35. The maximum atomic E-state index is 12.4. The molecule has 1 aliphatic rings. The van der Waals surface area contributed by atoms with E-state index in [0.29, 0.717) is 6.54 Å². The smallest absolute Gasteiger partial charge is 0.242 e. The Bertz CT molecular complexity index is 629. The minimum Gasteiger partial charge on any atom is -0.339 e. The van der Waals surface area contributed by atoms with Crippen LogP contribution in [0.3, 0.4) is 0 Å². The number of aromatic nitrogens is 1. The first-order valence-electron chi connectivity index (χ1n) is 6.85. The zero-order valence-electron chi connectivity index (χ0n) is 11.6. The van der Waals surface area contributed by atoms with Gasteiger partial charge >= 0.3 is 0 Å². The van der Waals surface area contributed by atoms with Crippen LogP contribution in [0.2, 0.25) is 5.02 Å². The standard InChI is InChI=1S/C15H18ClN3O/c1-17-7-9-18(10-8-17)15(20)11-19-6-5-12-13(16)3-2-4-14(12)19/h2-6H,7-11H2,1H3. The lowest BCUT2D eigenvalue weighted by Gasteiger charge is -2.32. The number of benzene rings is 1. The molecule has 0 radical (unpaired) electrons. The average molecular weight is 292 g/mol. The zero-order valence-corrected chi connectivity index (χ0v) is 12.3. The molecule has 0 spiro atoms. The van der Waals surface area contributed by atoms with Crippen molar-refractivity contribution in [1.29, 1.82) is 0 Å². The average Bonchev–Trinajstić information content (AvgIpc) is 2.84. The van der Waals surface area contributed by atoms with Crippen LogP contribution in [0, 0.1) is 0 Å². The van der Waals surface area contributed by atoms with Gasteiger partial charge in [0.2, 0.25) is 5.91 Å². The first-order valence-corrected chi connectivity index (χ1v) is 7.22. The summed E-state index contributed by atoms with van der Waals surface area (Å²) in [6.45, 7) is 3.91. The first-order chi connectivity index (χ1) is 9.65. The number of hydrogen-bond acceptors (Lipinski definition) is 2. The van der Waals surface area contributed by atoms with E-state index < -0.39 is 0 Å². The van der Waals surface area contributed by atoms with Crippen molar-refractivity contribution in [3.8, 4) is 0 Å². The molecule has 0 aliphatic carbocycles. The van der Waals surface area contributed by atoms with Crippen LogP contribution in [0.15, 0.2) is 30.5 Å². The van der Waals surface area contributed by atoms with Crippen molar-refractivity contribution < 1.29 is 4.79 Å². The van der Waals surface area contributed by atoms with Crippen molar-refractivity contribution in [3.05, 3.63) is 35.5 Å². The van der Waals surface area contributed by atoms with Gasteiger partial charge in [0.1, 0.15) is 6.54 Å². The summed E-state index contributed by atoms with van der Waals surface area (Å²) in [6, 6.07) is 7.76. The lowest BCUT2D eigenvalue weighted by Crippen LogP contribution is -2.48. The van der Waals surface area contributed by atoms with Crippen LogP contribution in [0.1, 0.15) is 0 Å². The summed E-state index contributed by atoms with van der Waals surface area (Å²) in [6.07, 6.45) is 1.94. The minimum atomic E-state index is 0.176. The van der Waals surface area contributed by atoms with Crippen molar-refractivity contribution in [2.45, 2.75) is 6.54 Å². The molecule has 0 saturated carbocycles. The van der Waals surface area contributed by atoms with E-state index in [1.165, 1.54) is 0 Å². The first kappa shape index (κ1) is 13.5. The molecule has 5 heteroatoms. The van der Waals surface area contributed by atoms with Gasteiger partial charge in [-0.3, -0.25) is 4.79 Å². The van der Waals surface area contributed by atoms with Gasteiger partial charge in [0.25, 0.3) is 0 Å². The third-order valence-electron chi connectivity index (χ3n) is 3.92. The monoisotopic (exact) mass is 291 g/mol. The van der Waals surface area contributed by atoms with E-state index in [-0.39, 0.29) is 5.91 Å². The second-order valence-electron chi connectivity index (χ2n) is 5.30. The molecule has 1 saturated heterocycles. The molecule has 1 aromatic carbocycles. The molecule has 20 heavy (non-hydrogen) atoms. The van der Waals surface area contributed by atoms with Crippen LogP contribution < -0.4 is 0 Å². The van der Waals surface area contributed by atoms with E-state index in [2.05, 4.69) is 11.9 Å². The largest absolute Gasteiger partial charge is 0.339 e. The Labute approximate surface area is 123 Å². The van der Waals surface area contributed by atoms with E-state index in [9.17, 15) is 4.79 Å². The van der Waals surface area contributed by atoms with Crippen LogP contribution in [0.5, 0.6) is 0 Å². The van der Waals surface area contributed by atoms with Gasteiger partial charge in [-0.1, -0.05) is 17.7 Å². The number of carbonyl (C=O) groups excluding carboxylic acids is 1. The number of carbonyl (C=O) groups is 1. The lowest BCUT2D eigenvalue weighted by molar-refractivity contribution is -0.133. The predicted octanol–water partition coefficient (Wildman–Crippen LogP) is 2.07. The fourth-order valence-electron chi connectivity index (χ4n) is 2.63. The van der Waals surface area contributed by atoms with Crippen molar-refractivity contribution in [3.63, 3.8) is 0 Å². The molecule has 1 fully saturated rings. The van der Waals surface area contributed by atoms with Crippen molar-refractivity contribution in [2.24, 2.45) is 0 Å². The Kier molecular flexibility index (Phi) is 3.68. The Morgan fingerprint density at radius 1 is 1.20 bits per heavy atom.